The van der Waals surface area contributed by atoms with E-state index in [9.17, 15) is 0 Å². The Hall–Kier alpha value is -0.860. The number of rotatable bonds is 3. The van der Waals surface area contributed by atoms with Crippen molar-refractivity contribution in [1.82, 2.24) is 4.90 Å². The van der Waals surface area contributed by atoms with Crippen LogP contribution in [0.15, 0.2) is 12.1 Å². The van der Waals surface area contributed by atoms with Crippen LogP contribution in [-0.4, -0.2) is 42.9 Å². The molecule has 1 aromatic rings. The summed E-state index contributed by atoms with van der Waals surface area (Å²) in [5, 5.41) is 8.65. The maximum atomic E-state index is 8.65. The summed E-state index contributed by atoms with van der Waals surface area (Å²) in [7, 11) is 0. The highest BCUT2D eigenvalue weighted by Crippen LogP contribution is 2.18. The minimum Gasteiger partial charge on any atom is -0.395 e. The van der Waals surface area contributed by atoms with Gasteiger partial charge in [-0.3, -0.25) is 4.90 Å². The highest BCUT2D eigenvalue weighted by Gasteiger charge is 2.11. The molecule has 0 aliphatic carbocycles. The zero-order chi connectivity index (χ0) is 11.9. The van der Waals surface area contributed by atoms with Gasteiger partial charge in [-0.05, 0) is 12.1 Å². The van der Waals surface area contributed by atoms with Crippen molar-refractivity contribution < 1.29 is 9.84 Å². The number of nitrogens with zero attached hydrogens (tertiary/aromatic N) is 1. The van der Waals surface area contributed by atoms with Crippen LogP contribution in [0.1, 0.15) is 16.2 Å². The lowest BCUT2D eigenvalue weighted by atomic mass is 10.3. The number of hydrogen-bond donors (Lipinski definition) is 1. The minimum atomic E-state index is 0.138. The molecule has 1 aromatic heterocycles. The third-order valence-electron chi connectivity index (χ3n) is 2.59. The molecule has 1 fully saturated rings. The second-order valence-electron chi connectivity index (χ2n) is 3.93. The van der Waals surface area contributed by atoms with Crippen molar-refractivity contribution in [2.45, 2.75) is 13.0 Å². The Balaban J connectivity index is 1.87. The van der Waals surface area contributed by atoms with Gasteiger partial charge in [0.2, 0.25) is 0 Å². The van der Waals surface area contributed by atoms with Crippen LogP contribution in [-0.2, 0) is 11.3 Å². The van der Waals surface area contributed by atoms with Crippen LogP contribution in [0.5, 0.6) is 0 Å². The van der Waals surface area contributed by atoms with E-state index in [1.54, 1.807) is 11.3 Å². The van der Waals surface area contributed by atoms with Crippen molar-refractivity contribution in [3.8, 4) is 11.8 Å². The van der Waals surface area contributed by atoms with Crippen LogP contribution >= 0.6 is 11.3 Å². The molecule has 92 valence electrons. The highest BCUT2D eigenvalue weighted by molar-refractivity contribution is 7.12. The molecular formula is C13H17NO2S. The molecule has 0 bridgehead atoms. The number of ether oxygens (including phenoxy) is 1. The van der Waals surface area contributed by atoms with Crippen molar-refractivity contribution in [2.75, 3.05) is 32.9 Å². The van der Waals surface area contributed by atoms with E-state index in [2.05, 4.69) is 28.9 Å². The summed E-state index contributed by atoms with van der Waals surface area (Å²) in [5.74, 6) is 6.01. The summed E-state index contributed by atoms with van der Waals surface area (Å²) in [6.45, 7) is 4.85. The lowest BCUT2D eigenvalue weighted by molar-refractivity contribution is 0.0346. The number of morpholine rings is 1. The summed E-state index contributed by atoms with van der Waals surface area (Å²) in [6, 6.07) is 4.20. The Morgan fingerprint density at radius 3 is 2.94 bits per heavy atom. The van der Waals surface area contributed by atoms with Gasteiger partial charge in [-0.1, -0.05) is 11.8 Å². The molecule has 0 radical (unpaired) electrons. The van der Waals surface area contributed by atoms with Crippen molar-refractivity contribution in [2.24, 2.45) is 0 Å². The van der Waals surface area contributed by atoms with E-state index in [1.165, 1.54) is 4.88 Å². The molecule has 0 atom stereocenters. The van der Waals surface area contributed by atoms with Gasteiger partial charge in [0, 0.05) is 30.9 Å². The predicted octanol–water partition coefficient (Wildman–Crippen LogP) is 1.31. The summed E-state index contributed by atoms with van der Waals surface area (Å²) < 4.78 is 5.32. The van der Waals surface area contributed by atoms with E-state index in [0.29, 0.717) is 6.42 Å². The second kappa shape index (κ2) is 6.77. The first-order chi connectivity index (χ1) is 8.38. The zero-order valence-electron chi connectivity index (χ0n) is 9.82. The van der Waals surface area contributed by atoms with Crippen LogP contribution in [0.4, 0.5) is 0 Å². The highest BCUT2D eigenvalue weighted by atomic mass is 32.1. The molecule has 0 spiro atoms. The van der Waals surface area contributed by atoms with Crippen molar-refractivity contribution >= 4 is 11.3 Å². The van der Waals surface area contributed by atoms with Crippen molar-refractivity contribution in [3.63, 3.8) is 0 Å². The second-order valence-corrected chi connectivity index (χ2v) is 5.10. The molecule has 1 saturated heterocycles. The monoisotopic (exact) mass is 251 g/mol. The summed E-state index contributed by atoms with van der Waals surface area (Å²) in [5.41, 5.74) is 0. The van der Waals surface area contributed by atoms with Crippen LogP contribution in [0, 0.1) is 11.8 Å². The molecular weight excluding hydrogens is 234 g/mol. The van der Waals surface area contributed by atoms with Crippen molar-refractivity contribution in [3.05, 3.63) is 21.9 Å². The van der Waals surface area contributed by atoms with E-state index in [4.69, 9.17) is 9.84 Å². The fourth-order valence-electron chi connectivity index (χ4n) is 1.72. The third kappa shape index (κ3) is 4.14. The van der Waals surface area contributed by atoms with Gasteiger partial charge in [0.05, 0.1) is 24.7 Å². The van der Waals surface area contributed by atoms with Gasteiger partial charge in [-0.25, -0.2) is 0 Å². The van der Waals surface area contributed by atoms with Gasteiger partial charge in [-0.15, -0.1) is 11.3 Å². The smallest absolute Gasteiger partial charge is 0.0771 e. The van der Waals surface area contributed by atoms with Gasteiger partial charge in [0.15, 0.2) is 0 Å². The lowest BCUT2D eigenvalue weighted by Gasteiger charge is -2.25. The van der Waals surface area contributed by atoms with Crippen LogP contribution in [0.2, 0.25) is 0 Å². The molecule has 0 amide bonds. The normalized spacial score (nSPS) is 16.5. The minimum absolute atomic E-state index is 0.138. The molecule has 2 rings (SSSR count). The van der Waals surface area contributed by atoms with E-state index >= 15 is 0 Å². The predicted molar refractivity (Wildman–Crippen MR) is 69.0 cm³/mol. The van der Waals surface area contributed by atoms with E-state index in [-0.39, 0.29) is 6.61 Å². The van der Waals surface area contributed by atoms with Crippen LogP contribution < -0.4 is 0 Å². The molecule has 1 aliphatic heterocycles. The molecule has 0 aromatic carbocycles. The molecule has 0 saturated carbocycles. The fraction of sp³-hybridized carbons (Fsp3) is 0.538. The summed E-state index contributed by atoms with van der Waals surface area (Å²) in [6.07, 6.45) is 0.552. The molecule has 17 heavy (non-hydrogen) atoms. The Bertz CT molecular complexity index is 399. The van der Waals surface area contributed by atoms with E-state index in [0.717, 1.165) is 37.7 Å². The maximum absolute atomic E-state index is 8.65. The molecule has 0 unspecified atom stereocenters. The van der Waals surface area contributed by atoms with Crippen LogP contribution in [0.3, 0.4) is 0 Å². The summed E-state index contributed by atoms with van der Waals surface area (Å²) >= 11 is 1.74. The third-order valence-corrected chi connectivity index (χ3v) is 3.58. The van der Waals surface area contributed by atoms with Gasteiger partial charge < -0.3 is 9.84 Å². The molecule has 4 heteroatoms. The Morgan fingerprint density at radius 1 is 1.35 bits per heavy atom. The number of aliphatic hydroxyl groups is 1. The fourth-order valence-corrected chi connectivity index (χ4v) is 2.64. The zero-order valence-corrected chi connectivity index (χ0v) is 10.6. The van der Waals surface area contributed by atoms with Gasteiger partial charge in [0.25, 0.3) is 0 Å². The Morgan fingerprint density at radius 2 is 2.18 bits per heavy atom. The van der Waals surface area contributed by atoms with E-state index in [1.807, 2.05) is 0 Å². The van der Waals surface area contributed by atoms with Gasteiger partial charge in [0.1, 0.15) is 0 Å². The average molecular weight is 251 g/mol. The van der Waals surface area contributed by atoms with Gasteiger partial charge >= 0.3 is 0 Å². The summed E-state index contributed by atoms with van der Waals surface area (Å²) in [4.78, 5) is 4.84. The Labute approximate surface area is 106 Å². The van der Waals surface area contributed by atoms with E-state index < -0.39 is 0 Å². The number of hydrogen-bond acceptors (Lipinski definition) is 4. The number of aliphatic hydroxyl groups excluding tert-OH is 1. The Kier molecular flexibility index (Phi) is 5.02. The van der Waals surface area contributed by atoms with Crippen LogP contribution in [0.25, 0.3) is 0 Å². The lowest BCUT2D eigenvalue weighted by Crippen LogP contribution is -2.35. The molecule has 1 aliphatic rings. The first-order valence-electron chi connectivity index (χ1n) is 5.87. The molecule has 2 heterocycles. The first kappa shape index (κ1) is 12.6. The standard InChI is InChI=1S/C13H17NO2S/c15-8-2-1-3-12-4-5-13(17-12)11-14-6-9-16-10-7-14/h4-5,15H,2,6-11H2. The maximum Gasteiger partial charge on any atom is 0.0771 e. The molecule has 1 N–H and O–H groups in total. The first-order valence-corrected chi connectivity index (χ1v) is 6.68. The number of thiophene rings is 1. The van der Waals surface area contributed by atoms with Crippen molar-refractivity contribution in [1.29, 1.82) is 0 Å². The SMILES string of the molecule is OCCC#Cc1ccc(CN2CCOCC2)s1. The van der Waals surface area contributed by atoms with Gasteiger partial charge in [-0.2, -0.15) is 0 Å². The quantitative estimate of drug-likeness (QED) is 0.822. The molecule has 3 nitrogen and oxygen atoms in total. The largest absolute Gasteiger partial charge is 0.395 e. The average Bonchev–Trinajstić information content (AvgIpc) is 2.79. The topological polar surface area (TPSA) is 32.7 Å².